The molecule has 0 bridgehead atoms. The van der Waals surface area contributed by atoms with Crippen LogP contribution in [0.3, 0.4) is 0 Å². The zero-order valence-electron chi connectivity index (χ0n) is 11.0. The van der Waals surface area contributed by atoms with E-state index in [0.29, 0.717) is 9.79 Å². The molecule has 21 heavy (non-hydrogen) atoms. The summed E-state index contributed by atoms with van der Waals surface area (Å²) in [5.41, 5.74) is -0.0734. The molecule has 0 saturated heterocycles. The Balaban J connectivity index is 2.39. The van der Waals surface area contributed by atoms with E-state index in [1.165, 1.54) is 37.4 Å². The predicted octanol–water partition coefficient (Wildman–Crippen LogP) is 3.24. The van der Waals surface area contributed by atoms with Crippen molar-refractivity contribution < 1.29 is 19.6 Å². The number of phenolic OH excluding ortho intramolecular Hbond substituents is 1. The second-order valence-electron chi connectivity index (χ2n) is 4.03. The third-order valence-corrected chi connectivity index (χ3v) is 3.68. The lowest BCUT2D eigenvalue weighted by atomic mass is 10.2. The number of nitro groups is 1. The van der Waals surface area contributed by atoms with Gasteiger partial charge in [-0.25, -0.2) is 4.79 Å². The molecule has 0 radical (unpaired) electrons. The van der Waals surface area contributed by atoms with Crippen molar-refractivity contribution in [1.82, 2.24) is 0 Å². The Bertz CT molecular complexity index is 702. The van der Waals surface area contributed by atoms with Gasteiger partial charge in [0.1, 0.15) is 5.75 Å². The number of esters is 1. The first-order chi connectivity index (χ1) is 10.0. The van der Waals surface area contributed by atoms with Gasteiger partial charge >= 0.3 is 5.97 Å². The highest BCUT2D eigenvalue weighted by Crippen LogP contribution is 2.36. The van der Waals surface area contributed by atoms with E-state index < -0.39 is 10.9 Å². The number of ether oxygens (including phenoxy) is 1. The molecule has 0 aliphatic carbocycles. The van der Waals surface area contributed by atoms with E-state index in [0.717, 1.165) is 11.8 Å². The summed E-state index contributed by atoms with van der Waals surface area (Å²) in [6.45, 7) is 0. The lowest BCUT2D eigenvalue weighted by Gasteiger charge is -2.05. The number of carbonyl (C=O) groups is 1. The summed E-state index contributed by atoms with van der Waals surface area (Å²) in [4.78, 5) is 23.0. The molecular formula is C14H11NO5S. The molecule has 0 aromatic heterocycles. The second-order valence-corrected chi connectivity index (χ2v) is 5.15. The van der Waals surface area contributed by atoms with Crippen molar-refractivity contribution in [1.29, 1.82) is 0 Å². The van der Waals surface area contributed by atoms with Gasteiger partial charge in [0.05, 0.1) is 22.5 Å². The smallest absolute Gasteiger partial charge is 0.338 e. The van der Waals surface area contributed by atoms with Gasteiger partial charge in [-0.2, -0.15) is 0 Å². The number of nitrogens with zero attached hydrogens (tertiary/aromatic N) is 1. The quantitative estimate of drug-likeness (QED) is 0.530. The number of benzene rings is 2. The van der Waals surface area contributed by atoms with E-state index >= 15 is 0 Å². The van der Waals surface area contributed by atoms with Crippen molar-refractivity contribution in [3.8, 4) is 5.75 Å². The molecule has 0 spiro atoms. The molecule has 7 heteroatoms. The first-order valence-electron chi connectivity index (χ1n) is 5.85. The molecule has 0 heterocycles. The number of aromatic hydroxyl groups is 1. The van der Waals surface area contributed by atoms with Gasteiger partial charge in [0, 0.05) is 11.0 Å². The fourth-order valence-corrected chi connectivity index (χ4v) is 2.62. The monoisotopic (exact) mass is 305 g/mol. The molecule has 0 aliphatic rings. The first kappa shape index (κ1) is 14.9. The molecule has 0 aliphatic heterocycles. The maximum Gasteiger partial charge on any atom is 0.338 e. The van der Waals surface area contributed by atoms with E-state index in [2.05, 4.69) is 4.74 Å². The molecule has 2 aromatic carbocycles. The molecule has 2 aromatic rings. The number of methoxy groups -OCH3 is 1. The van der Waals surface area contributed by atoms with E-state index in [-0.39, 0.29) is 17.0 Å². The first-order valence-corrected chi connectivity index (χ1v) is 6.66. The van der Waals surface area contributed by atoms with Gasteiger partial charge in [0.15, 0.2) is 0 Å². The lowest BCUT2D eigenvalue weighted by molar-refractivity contribution is -0.387. The number of rotatable bonds is 4. The molecule has 0 amide bonds. The average molecular weight is 305 g/mol. The molecular weight excluding hydrogens is 294 g/mol. The standard InChI is InChI=1S/C14H11NO5S/c1-20-14(17)9-5-6-13(12(7-9)15(18)19)21-11-4-2-3-10(16)8-11/h2-8,16H,1H3. The molecule has 0 atom stereocenters. The number of hydrogen-bond acceptors (Lipinski definition) is 6. The third-order valence-electron chi connectivity index (χ3n) is 2.62. The highest BCUT2D eigenvalue weighted by atomic mass is 32.2. The van der Waals surface area contributed by atoms with Crippen molar-refractivity contribution in [3.05, 3.63) is 58.1 Å². The van der Waals surface area contributed by atoms with E-state index in [1.807, 2.05) is 0 Å². The second kappa shape index (κ2) is 6.27. The molecule has 0 unspecified atom stereocenters. The Hall–Kier alpha value is -2.54. The largest absolute Gasteiger partial charge is 0.508 e. The molecule has 1 N–H and O–H groups in total. The van der Waals surface area contributed by atoms with Crippen molar-refractivity contribution in [2.24, 2.45) is 0 Å². The van der Waals surface area contributed by atoms with Gasteiger partial charge in [0.25, 0.3) is 5.69 Å². The summed E-state index contributed by atoms with van der Waals surface area (Å²) in [5, 5.41) is 20.5. The number of carbonyl (C=O) groups excluding carboxylic acids is 1. The number of nitro benzene ring substituents is 1. The minimum Gasteiger partial charge on any atom is -0.508 e. The maximum atomic E-state index is 11.4. The third kappa shape index (κ3) is 3.51. The van der Waals surface area contributed by atoms with Crippen LogP contribution in [0.1, 0.15) is 10.4 Å². The van der Waals surface area contributed by atoms with Gasteiger partial charge in [-0.3, -0.25) is 10.1 Å². The number of hydrogen-bond donors (Lipinski definition) is 1. The van der Waals surface area contributed by atoms with Crippen LogP contribution in [0, 0.1) is 10.1 Å². The van der Waals surface area contributed by atoms with E-state index in [1.54, 1.807) is 12.1 Å². The zero-order valence-corrected chi connectivity index (χ0v) is 11.8. The Kier molecular flexibility index (Phi) is 4.44. The van der Waals surface area contributed by atoms with E-state index in [9.17, 15) is 20.0 Å². The Morgan fingerprint density at radius 2 is 2.05 bits per heavy atom. The number of phenols is 1. The van der Waals surface area contributed by atoms with Crippen LogP contribution in [-0.4, -0.2) is 23.1 Å². The molecule has 108 valence electrons. The van der Waals surface area contributed by atoms with Gasteiger partial charge < -0.3 is 9.84 Å². The van der Waals surface area contributed by atoms with Gasteiger partial charge in [-0.05, 0) is 30.3 Å². The van der Waals surface area contributed by atoms with Crippen LogP contribution < -0.4 is 0 Å². The maximum absolute atomic E-state index is 11.4. The van der Waals surface area contributed by atoms with Crippen LogP contribution >= 0.6 is 11.8 Å². The highest BCUT2D eigenvalue weighted by Gasteiger charge is 2.18. The molecule has 0 saturated carbocycles. The van der Waals surface area contributed by atoms with Crippen molar-refractivity contribution >= 4 is 23.4 Å². The molecule has 2 rings (SSSR count). The minimum atomic E-state index is -0.632. The zero-order chi connectivity index (χ0) is 15.4. The van der Waals surface area contributed by atoms with Gasteiger partial charge in [-0.1, -0.05) is 17.8 Å². The summed E-state index contributed by atoms with van der Waals surface area (Å²) in [6.07, 6.45) is 0. The Morgan fingerprint density at radius 1 is 1.29 bits per heavy atom. The Labute approximate surface area is 124 Å². The van der Waals surface area contributed by atoms with Crippen LogP contribution in [0.5, 0.6) is 5.75 Å². The molecule has 0 fully saturated rings. The molecule has 6 nitrogen and oxygen atoms in total. The van der Waals surface area contributed by atoms with Crippen molar-refractivity contribution in [3.63, 3.8) is 0 Å². The van der Waals surface area contributed by atoms with Crippen LogP contribution in [0.25, 0.3) is 0 Å². The van der Waals surface area contributed by atoms with Crippen molar-refractivity contribution in [2.75, 3.05) is 7.11 Å². The normalized spacial score (nSPS) is 10.1. The van der Waals surface area contributed by atoms with Gasteiger partial charge in [0.2, 0.25) is 0 Å². The summed E-state index contributed by atoms with van der Waals surface area (Å²) in [7, 11) is 1.21. The summed E-state index contributed by atoms with van der Waals surface area (Å²) in [6, 6.07) is 10.5. The topological polar surface area (TPSA) is 89.7 Å². The van der Waals surface area contributed by atoms with Crippen LogP contribution in [0.2, 0.25) is 0 Å². The van der Waals surface area contributed by atoms with Crippen LogP contribution in [0.15, 0.2) is 52.3 Å². The minimum absolute atomic E-state index is 0.0776. The highest BCUT2D eigenvalue weighted by molar-refractivity contribution is 7.99. The van der Waals surface area contributed by atoms with Crippen LogP contribution in [0.4, 0.5) is 5.69 Å². The Morgan fingerprint density at radius 3 is 2.67 bits per heavy atom. The SMILES string of the molecule is COC(=O)c1ccc(Sc2cccc(O)c2)c([N+](=O)[O-])c1. The summed E-state index contributed by atoms with van der Waals surface area (Å²) < 4.78 is 4.54. The predicted molar refractivity (Wildman–Crippen MR) is 76.7 cm³/mol. The fraction of sp³-hybridized carbons (Fsp3) is 0.0714. The summed E-state index contributed by atoms with van der Waals surface area (Å²) >= 11 is 1.13. The van der Waals surface area contributed by atoms with Crippen LogP contribution in [-0.2, 0) is 4.74 Å². The lowest BCUT2D eigenvalue weighted by Crippen LogP contribution is -2.02. The van der Waals surface area contributed by atoms with Crippen molar-refractivity contribution in [2.45, 2.75) is 9.79 Å². The average Bonchev–Trinajstić information content (AvgIpc) is 2.46. The summed E-state index contributed by atoms with van der Waals surface area (Å²) in [5.74, 6) is -0.555. The van der Waals surface area contributed by atoms with Gasteiger partial charge in [-0.15, -0.1) is 0 Å². The van der Waals surface area contributed by atoms with E-state index in [4.69, 9.17) is 0 Å². The fourth-order valence-electron chi connectivity index (χ4n) is 1.67.